The lowest BCUT2D eigenvalue weighted by Crippen LogP contribution is -2.24. The normalized spacial score (nSPS) is 16.1. The summed E-state index contributed by atoms with van der Waals surface area (Å²) in [5.74, 6) is 1.34. The smallest absolute Gasteiger partial charge is 0.275 e. The molecule has 2 aromatic rings. The number of aliphatic imine (C=N–C) groups is 1. The first-order valence-electron chi connectivity index (χ1n) is 6.59. The molecule has 0 bridgehead atoms. The van der Waals surface area contributed by atoms with Crippen LogP contribution < -0.4 is 5.32 Å². The molecule has 0 saturated heterocycles. The summed E-state index contributed by atoms with van der Waals surface area (Å²) in [4.78, 5) is 16.2. The summed E-state index contributed by atoms with van der Waals surface area (Å²) in [6.45, 7) is 0. The Morgan fingerprint density at radius 3 is 2.90 bits per heavy atom. The van der Waals surface area contributed by atoms with Crippen LogP contribution >= 0.6 is 11.6 Å². The van der Waals surface area contributed by atoms with Crippen LogP contribution in [0.25, 0.3) is 6.08 Å². The van der Waals surface area contributed by atoms with E-state index in [1.54, 1.807) is 24.5 Å². The predicted octanol–water partition coefficient (Wildman–Crippen LogP) is 3.44. The van der Waals surface area contributed by atoms with Crippen LogP contribution in [0.4, 0.5) is 0 Å². The van der Waals surface area contributed by atoms with Gasteiger partial charge < -0.3 is 9.73 Å². The fourth-order valence-electron chi connectivity index (χ4n) is 2.09. The number of nitrogens with one attached hydrogen (secondary N) is 1. The van der Waals surface area contributed by atoms with E-state index in [1.807, 2.05) is 24.3 Å². The predicted molar refractivity (Wildman–Crippen MR) is 82.0 cm³/mol. The maximum Gasteiger partial charge on any atom is 0.275 e. The van der Waals surface area contributed by atoms with E-state index < -0.39 is 0 Å². The standard InChI is InChI=1S/C16H13ClN2O2/c17-12-4-1-3-11(9-12)10-14-16(20)19-15(18-14)7-6-13-5-2-8-21-13/h1-5,8-10H,6-7H2,(H,18,19,20)/b14-10+. The van der Waals surface area contributed by atoms with Gasteiger partial charge in [-0.3, -0.25) is 4.79 Å². The van der Waals surface area contributed by atoms with E-state index in [2.05, 4.69) is 10.3 Å². The maximum atomic E-state index is 11.9. The fourth-order valence-corrected chi connectivity index (χ4v) is 2.28. The van der Waals surface area contributed by atoms with E-state index in [-0.39, 0.29) is 5.91 Å². The molecule has 1 N–H and O–H groups in total. The van der Waals surface area contributed by atoms with Crippen LogP contribution in [0, 0.1) is 0 Å². The summed E-state index contributed by atoms with van der Waals surface area (Å²) in [6.07, 6.45) is 4.69. The van der Waals surface area contributed by atoms with Gasteiger partial charge in [-0.25, -0.2) is 4.99 Å². The molecule has 1 aliphatic rings. The van der Waals surface area contributed by atoms with Gasteiger partial charge in [0, 0.05) is 17.9 Å². The molecule has 4 nitrogen and oxygen atoms in total. The Kier molecular flexibility index (Phi) is 3.88. The van der Waals surface area contributed by atoms with Crippen molar-refractivity contribution in [3.05, 3.63) is 64.7 Å². The minimum absolute atomic E-state index is 0.190. The molecule has 0 aliphatic carbocycles. The molecule has 0 saturated carbocycles. The Labute approximate surface area is 127 Å². The summed E-state index contributed by atoms with van der Waals surface area (Å²) in [7, 11) is 0. The SMILES string of the molecule is O=C1NC(CCc2ccco2)=N/C1=C/c1cccc(Cl)c1. The van der Waals surface area contributed by atoms with Gasteiger partial charge in [0.05, 0.1) is 6.26 Å². The Morgan fingerprint density at radius 1 is 1.24 bits per heavy atom. The van der Waals surface area contributed by atoms with E-state index in [4.69, 9.17) is 16.0 Å². The number of benzene rings is 1. The van der Waals surface area contributed by atoms with Gasteiger partial charge in [-0.2, -0.15) is 0 Å². The van der Waals surface area contributed by atoms with Gasteiger partial charge in [-0.05, 0) is 35.9 Å². The lowest BCUT2D eigenvalue weighted by atomic mass is 10.2. The highest BCUT2D eigenvalue weighted by Gasteiger charge is 2.19. The molecule has 1 aromatic heterocycles. The van der Waals surface area contributed by atoms with E-state index in [9.17, 15) is 4.79 Å². The third kappa shape index (κ3) is 3.41. The maximum absolute atomic E-state index is 11.9. The number of amidine groups is 1. The van der Waals surface area contributed by atoms with Crippen LogP contribution in [-0.4, -0.2) is 11.7 Å². The van der Waals surface area contributed by atoms with Crippen molar-refractivity contribution in [1.29, 1.82) is 0 Å². The summed E-state index contributed by atoms with van der Waals surface area (Å²) in [5.41, 5.74) is 1.25. The molecule has 21 heavy (non-hydrogen) atoms. The number of furan rings is 1. The second-order valence-electron chi connectivity index (χ2n) is 4.68. The van der Waals surface area contributed by atoms with E-state index in [1.165, 1.54) is 0 Å². The van der Waals surface area contributed by atoms with E-state index in [0.29, 0.717) is 29.4 Å². The molecule has 106 valence electrons. The summed E-state index contributed by atoms with van der Waals surface area (Å²) >= 11 is 5.93. The van der Waals surface area contributed by atoms with Crippen molar-refractivity contribution in [2.24, 2.45) is 4.99 Å². The summed E-state index contributed by atoms with van der Waals surface area (Å²) in [6, 6.07) is 11.0. The van der Waals surface area contributed by atoms with Gasteiger partial charge in [0.25, 0.3) is 5.91 Å². The molecule has 2 heterocycles. The van der Waals surface area contributed by atoms with Crippen molar-refractivity contribution in [3.8, 4) is 0 Å². The van der Waals surface area contributed by atoms with Crippen LogP contribution in [0.2, 0.25) is 5.02 Å². The second-order valence-corrected chi connectivity index (χ2v) is 5.11. The van der Waals surface area contributed by atoms with Gasteiger partial charge >= 0.3 is 0 Å². The first-order chi connectivity index (χ1) is 10.2. The highest BCUT2D eigenvalue weighted by molar-refractivity contribution is 6.30. The Morgan fingerprint density at radius 2 is 2.14 bits per heavy atom. The zero-order valence-electron chi connectivity index (χ0n) is 11.2. The highest BCUT2D eigenvalue weighted by Crippen LogP contribution is 2.17. The lowest BCUT2D eigenvalue weighted by molar-refractivity contribution is -0.115. The van der Waals surface area contributed by atoms with Crippen LogP contribution in [0.1, 0.15) is 17.7 Å². The van der Waals surface area contributed by atoms with Gasteiger partial charge in [0.15, 0.2) is 0 Å². The third-order valence-corrected chi connectivity index (χ3v) is 3.32. The van der Waals surface area contributed by atoms with Gasteiger partial charge in [0.1, 0.15) is 17.3 Å². The van der Waals surface area contributed by atoms with Gasteiger partial charge in [0.2, 0.25) is 0 Å². The molecule has 1 aromatic carbocycles. The molecule has 0 spiro atoms. The number of rotatable bonds is 4. The molecule has 5 heteroatoms. The van der Waals surface area contributed by atoms with E-state index in [0.717, 1.165) is 11.3 Å². The Bertz CT molecular complexity index is 718. The van der Waals surface area contributed by atoms with Crippen molar-refractivity contribution < 1.29 is 9.21 Å². The van der Waals surface area contributed by atoms with Crippen LogP contribution in [-0.2, 0) is 11.2 Å². The van der Waals surface area contributed by atoms with Crippen molar-refractivity contribution in [2.45, 2.75) is 12.8 Å². The van der Waals surface area contributed by atoms with Crippen molar-refractivity contribution in [1.82, 2.24) is 5.32 Å². The van der Waals surface area contributed by atoms with Crippen molar-refractivity contribution >= 4 is 29.4 Å². The zero-order valence-corrected chi connectivity index (χ0v) is 11.9. The summed E-state index contributed by atoms with van der Waals surface area (Å²) in [5, 5.41) is 3.40. The molecular formula is C16H13ClN2O2. The zero-order chi connectivity index (χ0) is 14.7. The average Bonchev–Trinajstić information content (AvgIpc) is 3.07. The number of aryl methyl sites for hydroxylation is 1. The van der Waals surface area contributed by atoms with Crippen molar-refractivity contribution in [2.75, 3.05) is 0 Å². The Balaban J connectivity index is 1.72. The van der Waals surface area contributed by atoms with Crippen LogP contribution in [0.3, 0.4) is 0 Å². The monoisotopic (exact) mass is 300 g/mol. The van der Waals surface area contributed by atoms with Gasteiger partial charge in [-0.1, -0.05) is 23.7 Å². The molecule has 0 fully saturated rings. The number of halogens is 1. The number of hydrogen-bond acceptors (Lipinski definition) is 3. The second kappa shape index (κ2) is 5.97. The molecular weight excluding hydrogens is 288 g/mol. The number of carbonyl (C=O) groups excluding carboxylic acids is 1. The molecule has 0 radical (unpaired) electrons. The van der Waals surface area contributed by atoms with Crippen molar-refractivity contribution in [3.63, 3.8) is 0 Å². The van der Waals surface area contributed by atoms with Crippen LogP contribution in [0.15, 0.2) is 57.8 Å². The number of carbonyl (C=O) groups is 1. The topological polar surface area (TPSA) is 54.6 Å². The largest absolute Gasteiger partial charge is 0.469 e. The first-order valence-corrected chi connectivity index (χ1v) is 6.97. The number of amides is 1. The molecule has 1 amide bonds. The Hall–Kier alpha value is -2.33. The summed E-state index contributed by atoms with van der Waals surface area (Å²) < 4.78 is 5.26. The first kappa shape index (κ1) is 13.6. The highest BCUT2D eigenvalue weighted by atomic mass is 35.5. The average molecular weight is 301 g/mol. The molecule has 1 aliphatic heterocycles. The number of hydrogen-bond donors (Lipinski definition) is 1. The van der Waals surface area contributed by atoms with Crippen LogP contribution in [0.5, 0.6) is 0 Å². The minimum atomic E-state index is -0.190. The quantitative estimate of drug-likeness (QED) is 0.879. The molecule has 3 rings (SSSR count). The number of nitrogens with zero attached hydrogens (tertiary/aromatic N) is 1. The van der Waals surface area contributed by atoms with E-state index >= 15 is 0 Å². The van der Waals surface area contributed by atoms with Gasteiger partial charge in [-0.15, -0.1) is 0 Å². The fraction of sp³-hybridized carbons (Fsp3) is 0.125. The minimum Gasteiger partial charge on any atom is -0.469 e. The lowest BCUT2D eigenvalue weighted by Gasteiger charge is -1.97. The molecule has 0 atom stereocenters. The third-order valence-electron chi connectivity index (χ3n) is 3.09. The molecule has 0 unspecified atom stereocenters.